The zero-order chi connectivity index (χ0) is 11.0. The van der Waals surface area contributed by atoms with Crippen molar-refractivity contribution in [2.24, 2.45) is 0 Å². The van der Waals surface area contributed by atoms with Crippen LogP contribution < -0.4 is 5.56 Å². The number of nitrogens with one attached hydrogen (secondary N) is 1. The topological polar surface area (TPSA) is 83.0 Å². The van der Waals surface area contributed by atoms with E-state index in [9.17, 15) is 9.59 Å². The van der Waals surface area contributed by atoms with Gasteiger partial charge in [-0.15, -0.1) is 0 Å². The highest BCUT2D eigenvalue weighted by Gasteiger charge is 2.14. The number of carboxylic acid groups (broad SMARTS) is 1. The number of hydrogen-bond donors (Lipinski definition) is 2. The van der Waals surface area contributed by atoms with Crippen LogP contribution in [-0.4, -0.2) is 21.0 Å². The second-order valence-corrected chi connectivity index (χ2v) is 3.28. The van der Waals surface area contributed by atoms with Gasteiger partial charge in [0, 0.05) is 12.3 Å². The molecule has 0 fully saturated rings. The van der Waals surface area contributed by atoms with E-state index in [-0.39, 0.29) is 16.1 Å². The summed E-state index contributed by atoms with van der Waals surface area (Å²) < 4.78 is 0. The van der Waals surface area contributed by atoms with Gasteiger partial charge in [-0.25, -0.2) is 4.79 Å². The predicted octanol–water partition coefficient (Wildman–Crippen LogP) is 1.27. The molecule has 0 atom stereocenters. The second-order valence-electron chi connectivity index (χ2n) is 2.87. The first-order chi connectivity index (χ1) is 7.09. The van der Waals surface area contributed by atoms with Gasteiger partial charge >= 0.3 is 5.97 Å². The van der Waals surface area contributed by atoms with Gasteiger partial charge in [0.25, 0.3) is 0 Å². The quantitative estimate of drug-likeness (QED) is 0.764. The van der Waals surface area contributed by atoms with Crippen LogP contribution in [0.15, 0.2) is 23.1 Å². The largest absolute Gasteiger partial charge is 0.478 e. The number of halogens is 1. The fourth-order valence-electron chi connectivity index (χ4n) is 1.28. The smallest absolute Gasteiger partial charge is 0.339 e. The van der Waals surface area contributed by atoms with Gasteiger partial charge < -0.3 is 10.1 Å². The number of carbonyl (C=O) groups is 1. The van der Waals surface area contributed by atoms with Gasteiger partial charge in [0.05, 0.1) is 16.1 Å². The molecule has 0 unspecified atom stereocenters. The third kappa shape index (κ3) is 1.57. The van der Waals surface area contributed by atoms with Crippen molar-refractivity contribution in [2.75, 3.05) is 0 Å². The molecule has 5 nitrogen and oxygen atoms in total. The molecule has 0 aliphatic carbocycles. The Kier molecular flexibility index (Phi) is 2.17. The molecule has 0 amide bonds. The van der Waals surface area contributed by atoms with Gasteiger partial charge in [0.2, 0.25) is 5.56 Å². The fourth-order valence-corrected chi connectivity index (χ4v) is 1.51. The van der Waals surface area contributed by atoms with Crippen molar-refractivity contribution < 1.29 is 9.90 Å². The van der Waals surface area contributed by atoms with E-state index in [1.807, 2.05) is 0 Å². The van der Waals surface area contributed by atoms with Crippen molar-refractivity contribution in [2.45, 2.75) is 0 Å². The molecule has 0 aromatic carbocycles. The van der Waals surface area contributed by atoms with Crippen molar-refractivity contribution in [3.63, 3.8) is 0 Å². The van der Waals surface area contributed by atoms with Crippen molar-refractivity contribution >= 4 is 28.6 Å². The van der Waals surface area contributed by atoms with Gasteiger partial charge in [0.15, 0.2) is 0 Å². The predicted molar refractivity (Wildman–Crippen MR) is 54.3 cm³/mol. The lowest BCUT2D eigenvalue weighted by molar-refractivity contribution is 0.0699. The molecule has 2 rings (SSSR count). The van der Waals surface area contributed by atoms with Crippen LogP contribution in [0.4, 0.5) is 0 Å². The SMILES string of the molecule is O=C(O)c1c(Cl)cnc2ccc(=O)[nH]c12. The van der Waals surface area contributed by atoms with E-state index in [2.05, 4.69) is 9.97 Å². The van der Waals surface area contributed by atoms with Crippen LogP contribution in [0.2, 0.25) is 5.02 Å². The zero-order valence-electron chi connectivity index (χ0n) is 7.32. The Bertz CT molecular complexity index is 606. The lowest BCUT2D eigenvalue weighted by Gasteiger charge is -2.02. The second kappa shape index (κ2) is 3.36. The van der Waals surface area contributed by atoms with Crippen molar-refractivity contribution in [3.05, 3.63) is 39.3 Å². The minimum absolute atomic E-state index is 0.00292. The summed E-state index contributed by atoms with van der Waals surface area (Å²) >= 11 is 5.69. The first-order valence-electron chi connectivity index (χ1n) is 4.00. The van der Waals surface area contributed by atoms with Gasteiger partial charge in [0.1, 0.15) is 5.56 Å². The van der Waals surface area contributed by atoms with E-state index in [0.29, 0.717) is 5.52 Å². The zero-order valence-corrected chi connectivity index (χ0v) is 8.08. The highest BCUT2D eigenvalue weighted by Crippen LogP contribution is 2.21. The minimum Gasteiger partial charge on any atom is -0.478 e. The Morgan fingerprint density at radius 3 is 2.87 bits per heavy atom. The molecule has 6 heteroatoms. The van der Waals surface area contributed by atoms with Gasteiger partial charge in [-0.2, -0.15) is 0 Å². The number of carboxylic acids is 1. The molecule has 15 heavy (non-hydrogen) atoms. The van der Waals surface area contributed by atoms with Crippen LogP contribution >= 0.6 is 11.6 Å². The average molecular weight is 225 g/mol. The number of hydrogen-bond acceptors (Lipinski definition) is 3. The molecule has 0 radical (unpaired) electrons. The summed E-state index contributed by atoms with van der Waals surface area (Å²) in [5, 5.41) is 8.92. The first kappa shape index (κ1) is 9.67. The Morgan fingerprint density at radius 2 is 2.20 bits per heavy atom. The molecule has 2 heterocycles. The minimum atomic E-state index is -1.20. The molecule has 2 N–H and O–H groups in total. The molecule has 0 aliphatic heterocycles. The highest BCUT2D eigenvalue weighted by atomic mass is 35.5. The Balaban J connectivity index is 2.97. The van der Waals surface area contributed by atoms with E-state index in [1.54, 1.807) is 0 Å². The maximum Gasteiger partial charge on any atom is 0.339 e. The van der Waals surface area contributed by atoms with Gasteiger partial charge in [-0.05, 0) is 6.07 Å². The Labute approximate surface area is 88.3 Å². The van der Waals surface area contributed by atoms with E-state index in [4.69, 9.17) is 16.7 Å². The van der Waals surface area contributed by atoms with Crippen LogP contribution in [0.25, 0.3) is 11.0 Å². The molecule has 0 saturated carbocycles. The number of pyridine rings is 2. The third-order valence-electron chi connectivity index (χ3n) is 1.92. The summed E-state index contributed by atoms with van der Waals surface area (Å²) in [6.07, 6.45) is 1.24. The summed E-state index contributed by atoms with van der Waals surface area (Å²) in [7, 11) is 0. The average Bonchev–Trinajstić information content (AvgIpc) is 2.16. The van der Waals surface area contributed by atoms with E-state index in [0.717, 1.165) is 0 Å². The molecule has 0 saturated heterocycles. The molecule has 76 valence electrons. The van der Waals surface area contributed by atoms with Crippen LogP contribution in [0, 0.1) is 0 Å². The standard InChI is InChI=1S/C9H5ClN2O3/c10-4-3-11-5-1-2-6(13)12-8(5)7(4)9(14)15/h1-3H,(H,12,13)(H,14,15). The molecule has 2 aromatic heterocycles. The summed E-state index contributed by atoms with van der Waals surface area (Å²) in [6.45, 7) is 0. The maximum absolute atomic E-state index is 11.1. The van der Waals surface area contributed by atoms with E-state index < -0.39 is 11.5 Å². The molecular formula is C9H5ClN2O3. The Morgan fingerprint density at radius 1 is 1.47 bits per heavy atom. The molecule has 0 spiro atoms. The maximum atomic E-state index is 11.1. The van der Waals surface area contributed by atoms with Crippen LogP contribution in [-0.2, 0) is 0 Å². The van der Waals surface area contributed by atoms with E-state index in [1.165, 1.54) is 18.3 Å². The third-order valence-corrected chi connectivity index (χ3v) is 2.20. The number of H-pyrrole nitrogens is 1. The van der Waals surface area contributed by atoms with Crippen LogP contribution in [0.3, 0.4) is 0 Å². The summed E-state index contributed by atoms with van der Waals surface area (Å²) in [5.41, 5.74) is -0.00710. The fraction of sp³-hybridized carbons (Fsp3) is 0. The number of nitrogens with zero attached hydrogens (tertiary/aromatic N) is 1. The summed E-state index contributed by atoms with van der Waals surface area (Å²) in [6, 6.07) is 2.71. The van der Waals surface area contributed by atoms with Crippen LogP contribution in [0.5, 0.6) is 0 Å². The van der Waals surface area contributed by atoms with Gasteiger partial charge in [-0.1, -0.05) is 11.6 Å². The van der Waals surface area contributed by atoms with Gasteiger partial charge in [-0.3, -0.25) is 9.78 Å². The monoisotopic (exact) mass is 224 g/mol. The molecule has 2 aromatic rings. The van der Waals surface area contributed by atoms with Crippen molar-refractivity contribution in [1.82, 2.24) is 9.97 Å². The van der Waals surface area contributed by atoms with Crippen LogP contribution in [0.1, 0.15) is 10.4 Å². The molecule has 0 bridgehead atoms. The Hall–Kier alpha value is -1.88. The van der Waals surface area contributed by atoms with Crippen molar-refractivity contribution in [1.29, 1.82) is 0 Å². The normalized spacial score (nSPS) is 10.5. The van der Waals surface area contributed by atoms with E-state index >= 15 is 0 Å². The highest BCUT2D eigenvalue weighted by molar-refractivity contribution is 6.34. The number of fused-ring (bicyclic) bond motifs is 1. The lowest BCUT2D eigenvalue weighted by atomic mass is 10.2. The number of aromatic carboxylic acids is 1. The summed E-state index contributed by atoms with van der Waals surface area (Å²) in [5.74, 6) is -1.20. The van der Waals surface area contributed by atoms with Crippen molar-refractivity contribution in [3.8, 4) is 0 Å². The number of aromatic nitrogens is 2. The number of aromatic amines is 1. The lowest BCUT2D eigenvalue weighted by Crippen LogP contribution is -2.08. The summed E-state index contributed by atoms with van der Waals surface area (Å²) in [4.78, 5) is 28.3. The number of rotatable bonds is 1. The molecule has 0 aliphatic rings. The molecular weight excluding hydrogens is 220 g/mol. The first-order valence-corrected chi connectivity index (χ1v) is 4.38.